The Hall–Kier alpha value is -7.06. The first-order valence-electron chi connectivity index (χ1n) is 36.5. The summed E-state index contributed by atoms with van der Waals surface area (Å²) in [4.78, 5) is 191. The number of piperidine rings is 1. The maximum Gasteiger partial charge on any atom is 0.417 e. The van der Waals surface area contributed by atoms with Crippen LogP contribution in [0.2, 0.25) is 5.02 Å². The second-order valence-corrected chi connectivity index (χ2v) is 29.7. The van der Waals surface area contributed by atoms with Crippen LogP contribution in [-0.4, -0.2) is 251 Å². The minimum absolute atomic E-state index is 0.0213. The molecule has 3 saturated carbocycles. The number of rotatable bonds is 11. The molecule has 6 fully saturated rings. The first-order valence-corrected chi connectivity index (χ1v) is 36.9. The van der Waals surface area contributed by atoms with Gasteiger partial charge < -0.3 is 60.0 Å². The van der Waals surface area contributed by atoms with Crippen molar-refractivity contribution >= 4 is 82.5 Å². The molecule has 3 saturated heterocycles. The van der Waals surface area contributed by atoms with Crippen LogP contribution in [0, 0.1) is 17.8 Å². The predicted octanol–water partition coefficient (Wildman–Crippen LogP) is 6.18. The van der Waals surface area contributed by atoms with Gasteiger partial charge in [0, 0.05) is 69.0 Å². The number of hydrogen-bond acceptors (Lipinski definition) is 12. The minimum atomic E-state index is -4.76. The Morgan fingerprint density at radius 1 is 0.610 bits per heavy atom. The summed E-state index contributed by atoms with van der Waals surface area (Å²) in [5.41, 5.74) is -2.33. The fourth-order valence-corrected chi connectivity index (χ4v) is 16.0. The Morgan fingerprint density at radius 3 is 1.82 bits per heavy atom. The molecule has 24 nitrogen and oxygen atoms in total. The van der Waals surface area contributed by atoms with Gasteiger partial charge in [-0.3, -0.25) is 57.5 Å². The molecule has 558 valence electrons. The first kappa shape index (κ1) is 80.3. The average molecular weight is 1430 g/mol. The number of hydrogen-bond donors (Lipinski definition) is 3. The zero-order valence-corrected chi connectivity index (χ0v) is 61.3. The number of likely N-dealkylation sites (tertiary alicyclic amines) is 1. The van der Waals surface area contributed by atoms with Gasteiger partial charge in [-0.15, -0.1) is 0 Å². The van der Waals surface area contributed by atoms with E-state index in [9.17, 15) is 41.9 Å². The van der Waals surface area contributed by atoms with Gasteiger partial charge >= 0.3 is 6.18 Å². The molecule has 0 bridgehead atoms. The SMILES string of the molecule is CCC[C@H]1C(=O)N[C@@H]([C@@H](C)CC)C(=O)N(C)CC(=O)N(C)CC(=O)N(C)[C@@H](CC2CCCCC2)C(=O)N(C)CC(=O)N[C@@H](CCc2ccc(C(F)(F)F)c(Cl)c2)C(=O)N2CCCC2C(=O)NC2(CCCC2)C(=O)N(C)[C@@H](C2CCCCC2)C(=O)N(C)[C@H](C(=O)N2CCCCC2)CC(=O)N1C. The molecule has 0 aromatic heterocycles. The third-order valence-corrected chi connectivity index (χ3v) is 22.5. The monoisotopic (exact) mass is 1430 g/mol. The maximum atomic E-state index is 15.8. The van der Waals surface area contributed by atoms with Crippen LogP contribution in [0.1, 0.15) is 192 Å². The van der Waals surface area contributed by atoms with E-state index in [1.54, 1.807) is 11.8 Å². The van der Waals surface area contributed by atoms with Gasteiger partial charge in [0.1, 0.15) is 47.8 Å². The molecule has 0 radical (unpaired) electrons. The largest absolute Gasteiger partial charge is 0.417 e. The van der Waals surface area contributed by atoms with Gasteiger partial charge in [0.05, 0.1) is 36.6 Å². The fraction of sp³-hybridized carbons (Fsp3) is 0.750. The highest BCUT2D eigenvalue weighted by atomic mass is 35.5. The quantitative estimate of drug-likeness (QED) is 0.224. The van der Waals surface area contributed by atoms with E-state index < -0.39 is 173 Å². The molecule has 3 aliphatic heterocycles. The zero-order valence-electron chi connectivity index (χ0n) is 60.6. The highest BCUT2D eigenvalue weighted by Crippen LogP contribution is 2.39. The summed E-state index contributed by atoms with van der Waals surface area (Å²) >= 11 is 6.16. The predicted molar refractivity (Wildman–Crippen MR) is 369 cm³/mol. The molecule has 8 atom stereocenters. The van der Waals surface area contributed by atoms with Crippen molar-refractivity contribution in [2.24, 2.45) is 17.8 Å². The minimum Gasteiger partial charge on any atom is -0.343 e. The number of alkyl halides is 3. The van der Waals surface area contributed by atoms with Crippen LogP contribution in [0.4, 0.5) is 13.2 Å². The number of amides is 12. The highest BCUT2D eigenvalue weighted by molar-refractivity contribution is 6.31. The Bertz CT molecular complexity index is 3100. The van der Waals surface area contributed by atoms with Gasteiger partial charge in [-0.05, 0) is 119 Å². The van der Waals surface area contributed by atoms with Gasteiger partial charge in [-0.1, -0.05) is 115 Å². The normalized spacial score (nSPS) is 26.9. The maximum absolute atomic E-state index is 15.8. The Labute approximate surface area is 593 Å². The van der Waals surface area contributed by atoms with E-state index in [0.29, 0.717) is 76.4 Å². The van der Waals surface area contributed by atoms with E-state index in [0.717, 1.165) is 84.6 Å². The number of carbonyl (C=O) groups excluding carboxylic acids is 12. The summed E-state index contributed by atoms with van der Waals surface area (Å²) in [6.07, 6.45) is 7.60. The standard InChI is InChI=1S/C72H110ClF3N12O12/c1-11-25-53-63(93)78-61(46(3)12-2)68(98)82(6)44-59(91)80(4)45-60(92)84(8)55(41-47-26-16-13-17-27-47)66(96)81(5)43-57(89)77-52(34-32-48-31-33-50(51(73)40-48)72(74,75)76)65(95)88-39-24-30-54(88)64(94)79-71(35-20-21-36-71)70(100)86(10)62(49-28-18-14-19-29-49)69(99)85(9)56(42-58(90)83(53)7)67(97)87-37-22-15-23-38-87/h31,33,40,46-47,49,52-56,61-62H,11-30,32,34-39,41-45H2,1-10H3,(H,77,89)(H,78,93)(H,79,94)/t46-,52-,53-,54?,55-,56-,61-,62-/m0/s1. The fourth-order valence-electron chi connectivity index (χ4n) is 15.7. The number of carbonyl (C=O) groups is 12. The summed E-state index contributed by atoms with van der Waals surface area (Å²) < 4.78 is 41.6. The molecule has 28 heteroatoms. The zero-order chi connectivity index (χ0) is 73.5. The van der Waals surface area contributed by atoms with Crippen LogP contribution in [-0.2, 0) is 70.1 Å². The van der Waals surface area contributed by atoms with Crippen LogP contribution in [0.25, 0.3) is 0 Å². The number of likely N-dealkylation sites (N-methyl/N-ethyl adjacent to an activating group) is 7. The van der Waals surface area contributed by atoms with Crippen molar-refractivity contribution in [1.29, 1.82) is 0 Å². The van der Waals surface area contributed by atoms with E-state index in [1.807, 2.05) is 13.8 Å². The van der Waals surface area contributed by atoms with Crippen LogP contribution in [0.5, 0.6) is 0 Å². The van der Waals surface area contributed by atoms with Crippen molar-refractivity contribution in [2.75, 3.05) is 88.6 Å². The molecule has 3 heterocycles. The lowest BCUT2D eigenvalue weighted by Gasteiger charge is -2.43. The van der Waals surface area contributed by atoms with Crippen LogP contribution >= 0.6 is 11.6 Å². The molecular formula is C72H110ClF3N12O12. The van der Waals surface area contributed by atoms with Crippen LogP contribution < -0.4 is 16.0 Å². The molecule has 6 aliphatic rings. The lowest BCUT2D eigenvalue weighted by Crippen LogP contribution is -2.65. The second kappa shape index (κ2) is 36.2. The molecule has 3 N–H and O–H groups in total. The van der Waals surface area contributed by atoms with Crippen molar-refractivity contribution in [3.63, 3.8) is 0 Å². The molecular weight excluding hydrogens is 1320 g/mol. The molecule has 1 unspecified atom stereocenters. The summed E-state index contributed by atoms with van der Waals surface area (Å²) in [6, 6.07) is -5.47. The molecule has 1 spiro atoms. The van der Waals surface area contributed by atoms with Crippen molar-refractivity contribution in [3.8, 4) is 0 Å². The Morgan fingerprint density at radius 2 is 1.21 bits per heavy atom. The summed E-state index contributed by atoms with van der Waals surface area (Å²) in [6.45, 7) is 4.56. The molecule has 1 aromatic carbocycles. The van der Waals surface area contributed by atoms with Gasteiger partial charge in [-0.2, -0.15) is 13.2 Å². The molecule has 7 rings (SSSR count). The van der Waals surface area contributed by atoms with Crippen molar-refractivity contribution < 1.29 is 70.7 Å². The molecule has 100 heavy (non-hydrogen) atoms. The topological polar surface area (TPSA) is 270 Å². The van der Waals surface area contributed by atoms with Crippen molar-refractivity contribution in [1.82, 2.24) is 60.0 Å². The number of nitrogens with one attached hydrogen (secondary N) is 3. The van der Waals surface area contributed by atoms with Gasteiger partial charge in [0.2, 0.25) is 70.9 Å². The van der Waals surface area contributed by atoms with Gasteiger partial charge in [0.25, 0.3) is 0 Å². The third kappa shape index (κ3) is 20.0. The van der Waals surface area contributed by atoms with E-state index in [2.05, 4.69) is 16.0 Å². The Balaban J connectivity index is 1.28. The first-order chi connectivity index (χ1) is 47.3. The lowest BCUT2D eigenvalue weighted by atomic mass is 9.81. The third-order valence-electron chi connectivity index (χ3n) is 22.2. The van der Waals surface area contributed by atoms with Gasteiger partial charge in [-0.25, -0.2) is 0 Å². The molecule has 1 aromatic rings. The summed E-state index contributed by atoms with van der Waals surface area (Å²) in [5.74, 6) is -8.47. The number of fused-ring (bicyclic) bond motifs is 1. The number of halogens is 4. The van der Waals surface area contributed by atoms with Crippen LogP contribution in [0.3, 0.4) is 0 Å². The Kier molecular flexibility index (Phi) is 29.0. The number of nitrogens with zero attached hydrogens (tertiary/aromatic N) is 9. The second-order valence-electron chi connectivity index (χ2n) is 29.3. The molecule has 3 aliphatic carbocycles. The smallest absolute Gasteiger partial charge is 0.343 e. The lowest BCUT2D eigenvalue weighted by molar-refractivity contribution is -0.157. The highest BCUT2D eigenvalue weighted by Gasteiger charge is 2.51. The average Bonchev–Trinajstić information content (AvgIpc) is 1.37. The van der Waals surface area contributed by atoms with E-state index in [4.69, 9.17) is 11.6 Å². The number of benzene rings is 1. The summed E-state index contributed by atoms with van der Waals surface area (Å²) in [5, 5.41) is 8.17. The van der Waals surface area contributed by atoms with Crippen molar-refractivity contribution in [3.05, 3.63) is 34.3 Å². The molecule has 12 amide bonds. The van der Waals surface area contributed by atoms with Crippen LogP contribution in [0.15, 0.2) is 18.2 Å². The van der Waals surface area contributed by atoms with E-state index >= 15 is 28.8 Å². The summed E-state index contributed by atoms with van der Waals surface area (Å²) in [7, 11) is 10.0. The van der Waals surface area contributed by atoms with Crippen molar-refractivity contribution in [2.45, 2.75) is 242 Å². The number of aryl methyl sites for hydroxylation is 1. The van der Waals surface area contributed by atoms with E-state index in [1.165, 1.54) is 79.9 Å². The van der Waals surface area contributed by atoms with Gasteiger partial charge in [0.15, 0.2) is 0 Å². The van der Waals surface area contributed by atoms with E-state index in [-0.39, 0.29) is 57.4 Å².